The van der Waals surface area contributed by atoms with Crippen LogP contribution in [0.15, 0.2) is 24.3 Å². The van der Waals surface area contributed by atoms with E-state index in [1.54, 1.807) is 12.1 Å². The highest BCUT2D eigenvalue weighted by atomic mass is 16.4. The third kappa shape index (κ3) is 4.49. The van der Waals surface area contributed by atoms with Crippen LogP contribution in [-0.4, -0.2) is 18.1 Å². The number of benzene rings is 1. The van der Waals surface area contributed by atoms with Crippen LogP contribution in [0, 0.1) is 5.41 Å². The summed E-state index contributed by atoms with van der Waals surface area (Å²) in [5, 5.41) is 12.2. The molecule has 0 saturated heterocycles. The normalized spacial score (nSPS) is 13.3. The van der Waals surface area contributed by atoms with E-state index >= 15 is 0 Å². The molecule has 1 aromatic rings. The predicted octanol–water partition coefficient (Wildman–Crippen LogP) is 3.47. The lowest BCUT2D eigenvalue weighted by atomic mass is 9.87. The van der Waals surface area contributed by atoms with Gasteiger partial charge in [-0.15, -0.1) is 0 Å². The molecule has 2 N–H and O–H groups in total. The molecule has 0 radical (unpaired) electrons. The molecule has 0 saturated carbocycles. The summed E-state index contributed by atoms with van der Waals surface area (Å²) < 4.78 is 0. The first kappa shape index (κ1) is 14.7. The Kier molecular flexibility index (Phi) is 4.91. The fourth-order valence-electron chi connectivity index (χ4n) is 1.91. The molecule has 0 spiro atoms. The molecular weight excluding hydrogens is 226 g/mol. The van der Waals surface area contributed by atoms with Crippen LogP contribution in [0.2, 0.25) is 0 Å². The summed E-state index contributed by atoms with van der Waals surface area (Å²) in [5.74, 6) is -0.878. The SMILES string of the molecule is CN[C@H](CCC(C)(C)C)c1ccc(C(=O)O)cc1. The second-order valence-electron chi connectivity index (χ2n) is 5.87. The van der Waals surface area contributed by atoms with Crippen LogP contribution in [0.3, 0.4) is 0 Å². The van der Waals surface area contributed by atoms with Crippen molar-refractivity contribution >= 4 is 5.97 Å². The van der Waals surface area contributed by atoms with Crippen molar-refractivity contribution in [2.75, 3.05) is 7.05 Å². The number of hydrogen-bond donors (Lipinski definition) is 2. The Labute approximate surface area is 109 Å². The Balaban J connectivity index is 2.73. The highest BCUT2D eigenvalue weighted by Crippen LogP contribution is 2.27. The maximum absolute atomic E-state index is 10.8. The maximum atomic E-state index is 10.8. The van der Waals surface area contributed by atoms with E-state index in [4.69, 9.17) is 5.11 Å². The maximum Gasteiger partial charge on any atom is 0.335 e. The van der Waals surface area contributed by atoms with E-state index in [0.29, 0.717) is 11.0 Å². The van der Waals surface area contributed by atoms with Crippen LogP contribution in [0.5, 0.6) is 0 Å². The van der Waals surface area contributed by atoms with Crippen LogP contribution in [0.25, 0.3) is 0 Å². The van der Waals surface area contributed by atoms with E-state index in [-0.39, 0.29) is 6.04 Å². The van der Waals surface area contributed by atoms with Crippen molar-refractivity contribution in [3.8, 4) is 0 Å². The lowest BCUT2D eigenvalue weighted by Crippen LogP contribution is -2.19. The number of hydrogen-bond acceptors (Lipinski definition) is 2. The lowest BCUT2D eigenvalue weighted by Gasteiger charge is -2.23. The molecule has 0 fully saturated rings. The van der Waals surface area contributed by atoms with Gasteiger partial charge in [0, 0.05) is 6.04 Å². The van der Waals surface area contributed by atoms with Crippen molar-refractivity contribution in [2.24, 2.45) is 5.41 Å². The number of carbonyl (C=O) groups is 1. The topological polar surface area (TPSA) is 49.3 Å². The fourth-order valence-corrected chi connectivity index (χ4v) is 1.91. The van der Waals surface area contributed by atoms with Crippen molar-refractivity contribution in [2.45, 2.75) is 39.7 Å². The molecule has 0 amide bonds. The minimum atomic E-state index is -0.878. The molecule has 18 heavy (non-hydrogen) atoms. The molecule has 3 heteroatoms. The van der Waals surface area contributed by atoms with Gasteiger partial charge in [0.2, 0.25) is 0 Å². The molecular formula is C15H23NO2. The average Bonchev–Trinajstić information content (AvgIpc) is 2.29. The van der Waals surface area contributed by atoms with Gasteiger partial charge >= 0.3 is 5.97 Å². The van der Waals surface area contributed by atoms with Gasteiger partial charge in [0.05, 0.1) is 5.56 Å². The van der Waals surface area contributed by atoms with Gasteiger partial charge in [0.25, 0.3) is 0 Å². The Morgan fingerprint density at radius 1 is 1.28 bits per heavy atom. The standard InChI is InChI=1S/C15H23NO2/c1-15(2,3)10-9-13(16-4)11-5-7-12(8-6-11)14(17)18/h5-8,13,16H,9-10H2,1-4H3,(H,17,18)/t13-/m1/s1. The number of carboxylic acid groups (broad SMARTS) is 1. The van der Waals surface area contributed by atoms with Crippen molar-refractivity contribution in [3.63, 3.8) is 0 Å². The summed E-state index contributed by atoms with van der Waals surface area (Å²) in [5.41, 5.74) is 1.80. The van der Waals surface area contributed by atoms with Gasteiger partial charge in [0.1, 0.15) is 0 Å². The number of carboxylic acids is 1. The Hall–Kier alpha value is -1.35. The third-order valence-corrected chi connectivity index (χ3v) is 3.09. The zero-order chi connectivity index (χ0) is 13.8. The minimum absolute atomic E-state index is 0.284. The molecule has 0 unspecified atom stereocenters. The summed E-state index contributed by atoms with van der Waals surface area (Å²) in [7, 11) is 1.94. The first-order valence-corrected chi connectivity index (χ1v) is 6.34. The zero-order valence-corrected chi connectivity index (χ0v) is 11.7. The van der Waals surface area contributed by atoms with Crippen LogP contribution in [-0.2, 0) is 0 Å². The number of nitrogens with one attached hydrogen (secondary N) is 1. The summed E-state index contributed by atoms with van der Waals surface area (Å²) in [6.07, 6.45) is 2.17. The van der Waals surface area contributed by atoms with Gasteiger partial charge in [-0.1, -0.05) is 32.9 Å². The van der Waals surface area contributed by atoms with Crippen molar-refractivity contribution in [1.29, 1.82) is 0 Å². The molecule has 0 aromatic heterocycles. The van der Waals surface area contributed by atoms with Crippen LogP contribution in [0.4, 0.5) is 0 Å². The smallest absolute Gasteiger partial charge is 0.335 e. The Morgan fingerprint density at radius 2 is 1.83 bits per heavy atom. The van der Waals surface area contributed by atoms with Crippen molar-refractivity contribution in [1.82, 2.24) is 5.32 Å². The highest BCUT2D eigenvalue weighted by Gasteiger charge is 2.15. The van der Waals surface area contributed by atoms with Gasteiger partial charge < -0.3 is 10.4 Å². The van der Waals surface area contributed by atoms with E-state index in [1.807, 2.05) is 19.2 Å². The monoisotopic (exact) mass is 249 g/mol. The number of rotatable bonds is 5. The molecule has 1 atom stereocenters. The summed E-state index contributed by atoms with van der Waals surface area (Å²) in [4.78, 5) is 10.8. The lowest BCUT2D eigenvalue weighted by molar-refractivity contribution is 0.0697. The number of aromatic carboxylic acids is 1. The van der Waals surface area contributed by atoms with Gasteiger partial charge in [-0.3, -0.25) is 0 Å². The second-order valence-corrected chi connectivity index (χ2v) is 5.87. The minimum Gasteiger partial charge on any atom is -0.478 e. The van der Waals surface area contributed by atoms with E-state index in [1.165, 1.54) is 0 Å². The first-order valence-electron chi connectivity index (χ1n) is 6.34. The molecule has 0 aliphatic rings. The van der Waals surface area contributed by atoms with Crippen LogP contribution < -0.4 is 5.32 Å². The van der Waals surface area contributed by atoms with Crippen LogP contribution >= 0.6 is 0 Å². The molecule has 0 aliphatic heterocycles. The van der Waals surface area contributed by atoms with Crippen molar-refractivity contribution < 1.29 is 9.90 Å². The average molecular weight is 249 g/mol. The Bertz CT molecular complexity index is 390. The highest BCUT2D eigenvalue weighted by molar-refractivity contribution is 5.87. The zero-order valence-electron chi connectivity index (χ0n) is 11.7. The quantitative estimate of drug-likeness (QED) is 0.840. The molecule has 3 nitrogen and oxygen atoms in total. The first-order chi connectivity index (χ1) is 8.33. The molecule has 0 aliphatic carbocycles. The largest absolute Gasteiger partial charge is 0.478 e. The molecule has 1 rings (SSSR count). The summed E-state index contributed by atoms with van der Waals surface area (Å²) >= 11 is 0. The summed E-state index contributed by atoms with van der Waals surface area (Å²) in [6, 6.07) is 7.41. The molecule has 100 valence electrons. The van der Waals surface area contributed by atoms with Crippen LogP contribution in [0.1, 0.15) is 55.6 Å². The van der Waals surface area contributed by atoms with Gasteiger partial charge in [-0.25, -0.2) is 4.79 Å². The van der Waals surface area contributed by atoms with Crippen molar-refractivity contribution in [3.05, 3.63) is 35.4 Å². The summed E-state index contributed by atoms with van der Waals surface area (Å²) in [6.45, 7) is 6.69. The molecule has 1 aromatic carbocycles. The van der Waals surface area contributed by atoms with Gasteiger partial charge in [0.15, 0.2) is 0 Å². The van der Waals surface area contributed by atoms with E-state index in [0.717, 1.165) is 18.4 Å². The van der Waals surface area contributed by atoms with E-state index in [2.05, 4.69) is 26.1 Å². The molecule has 0 heterocycles. The van der Waals surface area contributed by atoms with E-state index in [9.17, 15) is 4.79 Å². The predicted molar refractivity (Wildman–Crippen MR) is 73.9 cm³/mol. The van der Waals surface area contributed by atoms with E-state index < -0.39 is 5.97 Å². The van der Waals surface area contributed by atoms with Gasteiger partial charge in [-0.05, 0) is 43.0 Å². The second kappa shape index (κ2) is 6.01. The molecule has 0 bridgehead atoms. The Morgan fingerprint density at radius 3 is 2.22 bits per heavy atom. The van der Waals surface area contributed by atoms with Gasteiger partial charge in [-0.2, -0.15) is 0 Å². The fraction of sp³-hybridized carbons (Fsp3) is 0.533. The third-order valence-electron chi connectivity index (χ3n) is 3.09.